The molecule has 22 heavy (non-hydrogen) atoms. The summed E-state index contributed by atoms with van der Waals surface area (Å²) >= 11 is 1.49. The minimum atomic E-state index is 0.719. The van der Waals surface area contributed by atoms with Gasteiger partial charge in [-0.3, -0.25) is 9.97 Å². The van der Waals surface area contributed by atoms with Crippen LogP contribution in [0.1, 0.15) is 0 Å². The van der Waals surface area contributed by atoms with Gasteiger partial charge >= 0.3 is 0 Å². The van der Waals surface area contributed by atoms with Crippen molar-refractivity contribution >= 4 is 22.2 Å². The molecule has 0 fully saturated rings. The summed E-state index contributed by atoms with van der Waals surface area (Å²) in [6, 6.07) is 5.55. The van der Waals surface area contributed by atoms with E-state index in [1.165, 1.54) is 11.3 Å². The minimum Gasteiger partial charge on any atom is -0.497 e. The standard InChI is InChI=1S/C15H14N4O2S/c1-20-10-3-4-14(21-2)11(7-10)18-15-19-13(9-22-15)12-8-16-5-6-17-12/h3-9H,1-2H3,(H,18,19). The van der Waals surface area contributed by atoms with Crippen LogP contribution in [0.3, 0.4) is 0 Å². The van der Waals surface area contributed by atoms with Crippen LogP contribution in [0.25, 0.3) is 11.4 Å². The van der Waals surface area contributed by atoms with Gasteiger partial charge in [-0.2, -0.15) is 0 Å². The lowest BCUT2D eigenvalue weighted by Gasteiger charge is -2.10. The predicted octanol–water partition coefficient (Wildman–Crippen LogP) is 3.36. The normalized spacial score (nSPS) is 10.3. The summed E-state index contributed by atoms with van der Waals surface area (Å²) in [6.45, 7) is 0. The number of ether oxygens (including phenoxy) is 2. The zero-order valence-corrected chi connectivity index (χ0v) is 12.9. The zero-order valence-electron chi connectivity index (χ0n) is 12.1. The third-order valence-corrected chi connectivity index (χ3v) is 3.74. The Hall–Kier alpha value is -2.67. The Morgan fingerprint density at radius 3 is 2.73 bits per heavy atom. The van der Waals surface area contributed by atoms with E-state index < -0.39 is 0 Å². The molecule has 3 rings (SSSR count). The van der Waals surface area contributed by atoms with Gasteiger partial charge in [0.25, 0.3) is 0 Å². The molecule has 1 aromatic carbocycles. The van der Waals surface area contributed by atoms with Crippen molar-refractivity contribution in [2.45, 2.75) is 0 Å². The third-order valence-electron chi connectivity index (χ3n) is 2.98. The number of thiazole rings is 1. The van der Waals surface area contributed by atoms with Crippen LogP contribution in [-0.2, 0) is 0 Å². The average molecular weight is 314 g/mol. The van der Waals surface area contributed by atoms with Crippen molar-refractivity contribution in [1.29, 1.82) is 0 Å². The van der Waals surface area contributed by atoms with Crippen molar-refractivity contribution in [2.24, 2.45) is 0 Å². The molecule has 7 heteroatoms. The highest BCUT2D eigenvalue weighted by molar-refractivity contribution is 7.14. The van der Waals surface area contributed by atoms with Crippen LogP contribution in [0, 0.1) is 0 Å². The van der Waals surface area contributed by atoms with Crippen LogP contribution >= 0.6 is 11.3 Å². The summed E-state index contributed by atoms with van der Waals surface area (Å²) in [7, 11) is 3.25. The van der Waals surface area contributed by atoms with Crippen molar-refractivity contribution in [1.82, 2.24) is 15.0 Å². The lowest BCUT2D eigenvalue weighted by Crippen LogP contribution is -1.95. The van der Waals surface area contributed by atoms with Crippen molar-refractivity contribution in [3.8, 4) is 22.9 Å². The van der Waals surface area contributed by atoms with Gasteiger partial charge in [0.2, 0.25) is 0 Å². The Morgan fingerprint density at radius 1 is 1.09 bits per heavy atom. The monoisotopic (exact) mass is 314 g/mol. The van der Waals surface area contributed by atoms with Gasteiger partial charge in [-0.05, 0) is 12.1 Å². The molecule has 0 bridgehead atoms. The predicted molar refractivity (Wildman–Crippen MR) is 86.0 cm³/mol. The number of rotatable bonds is 5. The van der Waals surface area contributed by atoms with Gasteiger partial charge in [0.1, 0.15) is 22.9 Å². The largest absolute Gasteiger partial charge is 0.497 e. The fourth-order valence-corrected chi connectivity index (χ4v) is 2.62. The van der Waals surface area contributed by atoms with Crippen molar-refractivity contribution in [2.75, 3.05) is 19.5 Å². The number of methoxy groups -OCH3 is 2. The fraction of sp³-hybridized carbons (Fsp3) is 0.133. The molecule has 0 atom stereocenters. The Labute approximate surface area is 131 Å². The first-order chi connectivity index (χ1) is 10.8. The molecule has 6 nitrogen and oxygen atoms in total. The molecule has 3 aromatic rings. The molecule has 0 radical (unpaired) electrons. The minimum absolute atomic E-state index is 0.719. The Bertz CT molecular complexity index is 761. The second kappa shape index (κ2) is 6.40. The number of hydrogen-bond donors (Lipinski definition) is 1. The number of nitrogens with zero attached hydrogens (tertiary/aromatic N) is 3. The van der Waals surface area contributed by atoms with E-state index in [0.717, 1.165) is 33.7 Å². The average Bonchev–Trinajstić information content (AvgIpc) is 3.04. The maximum atomic E-state index is 5.34. The van der Waals surface area contributed by atoms with Gasteiger partial charge in [0.15, 0.2) is 5.13 Å². The molecule has 0 aliphatic rings. The van der Waals surface area contributed by atoms with E-state index in [4.69, 9.17) is 9.47 Å². The van der Waals surface area contributed by atoms with E-state index in [1.54, 1.807) is 32.8 Å². The molecule has 0 spiro atoms. The molecule has 2 heterocycles. The second-order valence-electron chi connectivity index (χ2n) is 4.32. The van der Waals surface area contributed by atoms with E-state index in [9.17, 15) is 0 Å². The zero-order chi connectivity index (χ0) is 15.4. The van der Waals surface area contributed by atoms with E-state index in [2.05, 4.69) is 20.3 Å². The van der Waals surface area contributed by atoms with Crippen LogP contribution in [0.4, 0.5) is 10.8 Å². The third kappa shape index (κ3) is 2.99. The number of benzene rings is 1. The van der Waals surface area contributed by atoms with Gasteiger partial charge in [-0.15, -0.1) is 11.3 Å². The number of aromatic nitrogens is 3. The fourth-order valence-electron chi connectivity index (χ4n) is 1.91. The van der Waals surface area contributed by atoms with E-state index in [1.807, 2.05) is 23.6 Å². The van der Waals surface area contributed by atoms with Crippen molar-refractivity contribution in [3.05, 3.63) is 42.2 Å². The smallest absolute Gasteiger partial charge is 0.187 e. The van der Waals surface area contributed by atoms with E-state index in [0.29, 0.717) is 0 Å². The number of anilines is 2. The van der Waals surface area contributed by atoms with Crippen molar-refractivity contribution in [3.63, 3.8) is 0 Å². The van der Waals surface area contributed by atoms with Crippen LogP contribution in [0.2, 0.25) is 0 Å². The molecular weight excluding hydrogens is 300 g/mol. The Morgan fingerprint density at radius 2 is 2.00 bits per heavy atom. The van der Waals surface area contributed by atoms with Crippen molar-refractivity contribution < 1.29 is 9.47 Å². The summed E-state index contributed by atoms with van der Waals surface area (Å²) in [6.07, 6.45) is 4.97. The van der Waals surface area contributed by atoms with Gasteiger partial charge < -0.3 is 14.8 Å². The van der Waals surface area contributed by atoms with Crippen LogP contribution in [-0.4, -0.2) is 29.2 Å². The summed E-state index contributed by atoms with van der Waals surface area (Å²) < 4.78 is 10.6. The first-order valence-corrected chi connectivity index (χ1v) is 7.39. The molecule has 0 saturated heterocycles. The molecule has 1 N–H and O–H groups in total. The van der Waals surface area contributed by atoms with Crippen LogP contribution in [0.15, 0.2) is 42.2 Å². The summed E-state index contributed by atoms with van der Waals surface area (Å²) in [5.41, 5.74) is 2.31. The van der Waals surface area contributed by atoms with Gasteiger partial charge in [-0.1, -0.05) is 0 Å². The first kappa shape index (κ1) is 14.3. The maximum Gasteiger partial charge on any atom is 0.187 e. The molecule has 112 valence electrons. The van der Waals surface area contributed by atoms with Crippen LogP contribution in [0.5, 0.6) is 11.5 Å². The summed E-state index contributed by atoms with van der Waals surface area (Å²) in [5.74, 6) is 1.46. The highest BCUT2D eigenvalue weighted by atomic mass is 32.1. The lowest BCUT2D eigenvalue weighted by molar-refractivity contribution is 0.405. The summed E-state index contributed by atoms with van der Waals surface area (Å²) in [5, 5.41) is 5.91. The Balaban J connectivity index is 1.86. The SMILES string of the molecule is COc1ccc(OC)c(Nc2nc(-c3cnccn3)cs2)c1. The number of hydrogen-bond acceptors (Lipinski definition) is 7. The van der Waals surface area contributed by atoms with Gasteiger partial charge in [-0.25, -0.2) is 4.98 Å². The molecule has 2 aromatic heterocycles. The number of nitrogens with one attached hydrogen (secondary N) is 1. The molecule has 0 saturated carbocycles. The molecule has 0 aliphatic carbocycles. The van der Waals surface area contributed by atoms with E-state index >= 15 is 0 Å². The quantitative estimate of drug-likeness (QED) is 0.779. The van der Waals surface area contributed by atoms with Gasteiger partial charge in [0.05, 0.1) is 26.1 Å². The van der Waals surface area contributed by atoms with E-state index in [-0.39, 0.29) is 0 Å². The Kier molecular flexibility index (Phi) is 4.15. The molecule has 0 aliphatic heterocycles. The summed E-state index contributed by atoms with van der Waals surface area (Å²) in [4.78, 5) is 12.8. The second-order valence-corrected chi connectivity index (χ2v) is 5.18. The van der Waals surface area contributed by atoms with Crippen LogP contribution < -0.4 is 14.8 Å². The lowest BCUT2D eigenvalue weighted by atomic mass is 10.2. The first-order valence-electron chi connectivity index (χ1n) is 6.51. The highest BCUT2D eigenvalue weighted by Gasteiger charge is 2.09. The molecule has 0 unspecified atom stereocenters. The van der Waals surface area contributed by atoms with Gasteiger partial charge in [0, 0.05) is 23.8 Å². The molecule has 0 amide bonds. The topological polar surface area (TPSA) is 69.2 Å². The highest BCUT2D eigenvalue weighted by Crippen LogP contribution is 2.33. The maximum absolute atomic E-state index is 5.34. The molecular formula is C15H14N4O2S.